The van der Waals surface area contributed by atoms with Crippen LogP contribution in [-0.4, -0.2) is 75.0 Å². The molecule has 3 rings (SSSR count). The van der Waals surface area contributed by atoms with Crippen LogP contribution in [0.3, 0.4) is 0 Å². The number of nitrogens with zero attached hydrogens (tertiary/aromatic N) is 4. The molecule has 0 atom stereocenters. The Balaban J connectivity index is 1.67. The number of esters is 1. The Hall–Kier alpha value is -3.09. The zero-order valence-electron chi connectivity index (χ0n) is 20.2. The molecule has 2 aromatic rings. The molecule has 1 amide bonds. The first-order valence-electron chi connectivity index (χ1n) is 11.3. The van der Waals surface area contributed by atoms with E-state index in [0.717, 1.165) is 0 Å². The van der Waals surface area contributed by atoms with E-state index in [9.17, 15) is 18.0 Å². The van der Waals surface area contributed by atoms with Crippen molar-refractivity contribution in [3.05, 3.63) is 41.2 Å². The summed E-state index contributed by atoms with van der Waals surface area (Å²) in [6, 6.07) is 6.27. The van der Waals surface area contributed by atoms with Crippen molar-refractivity contribution in [3.8, 4) is 0 Å². The van der Waals surface area contributed by atoms with Gasteiger partial charge in [0.25, 0.3) is 0 Å². The van der Waals surface area contributed by atoms with Crippen LogP contribution in [0.5, 0.6) is 0 Å². The van der Waals surface area contributed by atoms with Crippen molar-refractivity contribution < 1.29 is 27.5 Å². The summed E-state index contributed by atoms with van der Waals surface area (Å²) in [4.78, 5) is 34.3. The molecule has 0 radical (unpaired) electrons. The fourth-order valence-electron chi connectivity index (χ4n) is 3.90. The van der Waals surface area contributed by atoms with Gasteiger partial charge in [0.1, 0.15) is 17.5 Å². The van der Waals surface area contributed by atoms with Gasteiger partial charge in [0.05, 0.1) is 31.5 Å². The van der Waals surface area contributed by atoms with E-state index in [1.165, 1.54) is 30.7 Å². The summed E-state index contributed by atoms with van der Waals surface area (Å²) in [5.41, 5.74) is 7.13. The predicted octanol–water partition coefficient (Wildman–Crippen LogP) is 1.09. The highest BCUT2D eigenvalue weighted by Gasteiger charge is 2.31. The topological polar surface area (TPSA) is 145 Å². The number of anilines is 2. The molecule has 11 nitrogen and oxygen atoms in total. The lowest BCUT2D eigenvalue weighted by Crippen LogP contribution is -2.35. The van der Waals surface area contributed by atoms with Gasteiger partial charge in [-0.05, 0) is 37.5 Å². The zero-order chi connectivity index (χ0) is 25.6. The molecule has 2 heterocycles. The highest BCUT2D eigenvalue weighted by atomic mass is 32.2. The summed E-state index contributed by atoms with van der Waals surface area (Å²) in [7, 11) is -1.03. The summed E-state index contributed by atoms with van der Waals surface area (Å²) in [6.07, 6.45) is 1.23. The Kier molecular flexibility index (Phi) is 8.76. The van der Waals surface area contributed by atoms with Gasteiger partial charge in [-0.2, -0.15) is 4.31 Å². The van der Waals surface area contributed by atoms with E-state index in [4.69, 9.17) is 10.5 Å². The van der Waals surface area contributed by atoms with E-state index >= 15 is 0 Å². The predicted molar refractivity (Wildman–Crippen MR) is 129 cm³/mol. The van der Waals surface area contributed by atoms with Crippen molar-refractivity contribution in [2.45, 2.75) is 37.5 Å². The average molecular weight is 506 g/mol. The molecule has 0 aliphatic carbocycles. The van der Waals surface area contributed by atoms with Crippen molar-refractivity contribution in [2.75, 3.05) is 51.1 Å². The van der Waals surface area contributed by atoms with Crippen LogP contribution in [0.25, 0.3) is 0 Å². The SMILES string of the molecule is COCCN(CCCCN1C(=O)Cc2c(N)nc(C)nc21)S(=O)(=O)c1cccc(CC(=O)OC)c1. The van der Waals surface area contributed by atoms with Gasteiger partial charge in [-0.3, -0.25) is 14.5 Å². The number of nitrogens with two attached hydrogens (primary N) is 1. The molecule has 2 N–H and O–H groups in total. The number of amides is 1. The molecule has 1 aromatic heterocycles. The van der Waals surface area contributed by atoms with Crippen LogP contribution in [0.15, 0.2) is 29.2 Å². The lowest BCUT2D eigenvalue weighted by atomic mass is 10.1. The fraction of sp³-hybridized carbons (Fsp3) is 0.478. The first-order chi connectivity index (χ1) is 16.7. The molecule has 1 aliphatic rings. The molecule has 1 aromatic carbocycles. The quantitative estimate of drug-likeness (QED) is 0.331. The Morgan fingerprint density at radius 2 is 1.97 bits per heavy atom. The second-order valence-corrected chi connectivity index (χ2v) is 10.1. The third-order valence-corrected chi connectivity index (χ3v) is 7.60. The maximum atomic E-state index is 13.3. The van der Waals surface area contributed by atoms with Crippen LogP contribution in [0.4, 0.5) is 11.6 Å². The zero-order valence-corrected chi connectivity index (χ0v) is 21.0. The number of unbranched alkanes of at least 4 members (excludes halogenated alkanes) is 1. The molecule has 0 fully saturated rings. The second kappa shape index (κ2) is 11.6. The maximum absolute atomic E-state index is 13.3. The van der Waals surface area contributed by atoms with Crippen molar-refractivity contribution in [1.82, 2.24) is 14.3 Å². The largest absolute Gasteiger partial charge is 0.469 e. The summed E-state index contributed by atoms with van der Waals surface area (Å²) < 4.78 is 37.8. The first-order valence-corrected chi connectivity index (χ1v) is 12.7. The van der Waals surface area contributed by atoms with Crippen LogP contribution in [0.2, 0.25) is 0 Å². The van der Waals surface area contributed by atoms with Gasteiger partial charge in [-0.25, -0.2) is 18.4 Å². The van der Waals surface area contributed by atoms with Crippen LogP contribution in [0, 0.1) is 6.92 Å². The Morgan fingerprint density at radius 3 is 2.69 bits per heavy atom. The molecule has 0 unspecified atom stereocenters. The molecule has 0 bridgehead atoms. The molecule has 0 spiro atoms. The van der Waals surface area contributed by atoms with Crippen molar-refractivity contribution in [2.24, 2.45) is 0 Å². The number of methoxy groups -OCH3 is 2. The molecule has 35 heavy (non-hydrogen) atoms. The van der Waals surface area contributed by atoms with Crippen molar-refractivity contribution >= 4 is 33.5 Å². The minimum atomic E-state index is -3.82. The molecule has 0 saturated carbocycles. The molecule has 190 valence electrons. The number of rotatable bonds is 12. The number of hydrogen-bond donors (Lipinski definition) is 1. The number of fused-ring (bicyclic) bond motifs is 1. The number of ether oxygens (including phenoxy) is 2. The Morgan fingerprint density at radius 1 is 1.20 bits per heavy atom. The number of aromatic nitrogens is 2. The summed E-state index contributed by atoms with van der Waals surface area (Å²) in [5.74, 6) is 0.794. The van der Waals surface area contributed by atoms with Crippen LogP contribution >= 0.6 is 0 Å². The number of carbonyl (C=O) groups is 2. The third kappa shape index (κ3) is 6.32. The van der Waals surface area contributed by atoms with E-state index in [-0.39, 0.29) is 43.3 Å². The van der Waals surface area contributed by atoms with Gasteiger partial charge in [0.2, 0.25) is 15.9 Å². The monoisotopic (exact) mass is 505 g/mol. The Labute approximate surface area is 205 Å². The molecular formula is C23H31N5O6S. The molecule has 12 heteroatoms. The van der Waals surface area contributed by atoms with Gasteiger partial charge in [-0.1, -0.05) is 12.1 Å². The van der Waals surface area contributed by atoms with Crippen molar-refractivity contribution in [3.63, 3.8) is 0 Å². The molecule has 0 saturated heterocycles. The lowest BCUT2D eigenvalue weighted by Gasteiger charge is -2.23. The maximum Gasteiger partial charge on any atom is 0.309 e. The number of carbonyl (C=O) groups excluding carboxylic acids is 2. The van der Waals surface area contributed by atoms with E-state index in [1.54, 1.807) is 24.0 Å². The van der Waals surface area contributed by atoms with Crippen LogP contribution in [0.1, 0.15) is 29.8 Å². The van der Waals surface area contributed by atoms with E-state index < -0.39 is 16.0 Å². The number of nitrogen functional groups attached to an aromatic ring is 1. The minimum absolute atomic E-state index is 0.0171. The summed E-state index contributed by atoms with van der Waals surface area (Å²) >= 11 is 0. The minimum Gasteiger partial charge on any atom is -0.469 e. The summed E-state index contributed by atoms with van der Waals surface area (Å²) in [6.45, 7) is 2.76. The van der Waals surface area contributed by atoms with Gasteiger partial charge < -0.3 is 15.2 Å². The van der Waals surface area contributed by atoms with Gasteiger partial charge in [0, 0.05) is 32.3 Å². The smallest absolute Gasteiger partial charge is 0.309 e. The fourth-order valence-corrected chi connectivity index (χ4v) is 5.43. The third-order valence-electron chi connectivity index (χ3n) is 5.71. The Bertz CT molecular complexity index is 1190. The van der Waals surface area contributed by atoms with Gasteiger partial charge in [0.15, 0.2) is 0 Å². The first kappa shape index (κ1) is 26.5. The van der Waals surface area contributed by atoms with E-state index in [2.05, 4.69) is 14.7 Å². The standard InChI is InChI=1S/C23H31N5O6S/c1-16-25-22(24)19-15-20(29)28(23(19)26-16)10-5-4-9-27(11-12-33-2)35(31,32)18-8-6-7-17(13-18)14-21(30)34-3/h6-8,13H,4-5,9-12,14-15H2,1-3H3,(H2,24,25,26). The van der Waals surface area contributed by atoms with Crippen LogP contribution in [-0.2, 0) is 41.9 Å². The number of sulfonamides is 1. The lowest BCUT2D eigenvalue weighted by molar-refractivity contribution is -0.139. The molecular weight excluding hydrogens is 474 g/mol. The number of hydrogen-bond acceptors (Lipinski definition) is 9. The van der Waals surface area contributed by atoms with Crippen molar-refractivity contribution in [1.29, 1.82) is 0 Å². The van der Waals surface area contributed by atoms with Gasteiger partial charge in [-0.15, -0.1) is 0 Å². The summed E-state index contributed by atoms with van der Waals surface area (Å²) in [5, 5.41) is 0. The molecule has 1 aliphatic heterocycles. The van der Waals surface area contributed by atoms with E-state index in [0.29, 0.717) is 48.0 Å². The van der Waals surface area contributed by atoms with Gasteiger partial charge >= 0.3 is 5.97 Å². The number of aryl methyl sites for hydroxylation is 1. The number of benzene rings is 1. The normalized spacial score (nSPS) is 13.4. The van der Waals surface area contributed by atoms with E-state index in [1.807, 2.05) is 0 Å². The van der Waals surface area contributed by atoms with Crippen LogP contribution < -0.4 is 10.6 Å². The second-order valence-electron chi connectivity index (χ2n) is 8.18. The average Bonchev–Trinajstić information content (AvgIpc) is 3.13. The highest BCUT2D eigenvalue weighted by Crippen LogP contribution is 2.30. The highest BCUT2D eigenvalue weighted by molar-refractivity contribution is 7.89.